The van der Waals surface area contributed by atoms with Gasteiger partial charge in [0.25, 0.3) is 0 Å². The van der Waals surface area contributed by atoms with Crippen molar-refractivity contribution in [1.29, 1.82) is 0 Å². The Bertz CT molecular complexity index is 12.8. The summed E-state index contributed by atoms with van der Waals surface area (Å²) < 4.78 is 0. The van der Waals surface area contributed by atoms with E-state index in [1.165, 1.54) is 0 Å². The Kier molecular flexibility index (Phi) is 35.3. The molecule has 2 N–H and O–H groups in total. The molecule has 7 heavy (non-hydrogen) atoms. The predicted octanol–water partition coefficient (Wildman–Crippen LogP) is 1.36. The molecule has 1 nitrogen and oxygen atoms in total. The Morgan fingerprint density at radius 3 is 1.29 bits per heavy atom. The van der Waals surface area contributed by atoms with Crippen LogP contribution < -0.4 is 5.73 Å². The van der Waals surface area contributed by atoms with Crippen molar-refractivity contribution in [2.24, 2.45) is 5.73 Å². The number of rotatable bonds is 0. The molecule has 0 rings (SSSR count). The second kappa shape index (κ2) is 15.8. The smallest absolute Gasteiger partial charge is 0 e. The Morgan fingerprint density at radius 1 is 1.29 bits per heavy atom. The molecule has 0 aliphatic heterocycles. The van der Waals surface area contributed by atoms with Crippen LogP contribution in [-0.2, 0) is 0 Å². The van der Waals surface area contributed by atoms with Gasteiger partial charge in [-0.2, -0.15) is 20.8 Å². The maximum Gasteiger partial charge on any atom is 0 e. The van der Waals surface area contributed by atoms with Crippen molar-refractivity contribution in [3.63, 3.8) is 0 Å². The van der Waals surface area contributed by atoms with E-state index in [9.17, 15) is 0 Å². The number of nitrogens with two attached hydrogens (primary N) is 1. The zero-order chi connectivity index (χ0) is 5.58. The summed E-state index contributed by atoms with van der Waals surface area (Å²) in [6.45, 7) is 8.72. The fourth-order valence-electron chi connectivity index (χ4n) is 0. The number of hydrogen-bond acceptors (Lipinski definition) is 1. The van der Waals surface area contributed by atoms with Crippen LogP contribution in [-0.4, -0.2) is 0 Å². The third-order valence-corrected chi connectivity index (χ3v) is 0. The van der Waals surface area contributed by atoms with Crippen LogP contribution in [0.5, 0.6) is 0 Å². The summed E-state index contributed by atoms with van der Waals surface area (Å²) >= 11 is 0. The van der Waals surface area contributed by atoms with E-state index < -0.39 is 0 Å². The van der Waals surface area contributed by atoms with E-state index in [1.807, 2.05) is 13.8 Å². The minimum absolute atomic E-state index is 0. The average Bonchev–Trinajstić information content (AvgIpc) is 1.41. The van der Waals surface area contributed by atoms with Crippen molar-refractivity contribution in [1.82, 2.24) is 0 Å². The van der Waals surface area contributed by atoms with Crippen LogP contribution in [0.4, 0.5) is 0 Å². The van der Waals surface area contributed by atoms with Gasteiger partial charge in [0.05, 0.1) is 0 Å². The van der Waals surface area contributed by atoms with Crippen LogP contribution in [0.15, 0.2) is 0 Å². The van der Waals surface area contributed by atoms with Gasteiger partial charge in [0.15, 0.2) is 0 Å². The molecule has 0 spiro atoms. The van der Waals surface area contributed by atoms with E-state index in [4.69, 9.17) is 5.73 Å². The van der Waals surface area contributed by atoms with Crippen LogP contribution >= 0.6 is 0 Å². The van der Waals surface area contributed by atoms with Gasteiger partial charge in [-0.25, -0.2) is 0 Å². The Morgan fingerprint density at radius 2 is 1.29 bits per heavy atom. The Labute approximate surface area is 68.6 Å². The van der Waals surface area contributed by atoms with Crippen molar-refractivity contribution in [2.75, 3.05) is 0 Å². The largest absolute Gasteiger partial charge is 0.481 e. The van der Waals surface area contributed by atoms with E-state index in [1.54, 1.807) is 6.92 Å². The quantitative estimate of drug-likeness (QED) is 0.667. The summed E-state index contributed by atoms with van der Waals surface area (Å²) in [6.07, 6.45) is 0. The molecule has 0 amide bonds. The number of hydrogen-bond donors (Lipinski definition) is 1. The van der Waals surface area contributed by atoms with Gasteiger partial charge in [-0.05, 0) is 0 Å². The molecule has 0 radical (unpaired) electrons. The van der Waals surface area contributed by atoms with Crippen LogP contribution in [0.1, 0.15) is 20.8 Å². The normalized spacial score (nSPS) is 6.00. The SMILES string of the molecule is C[C-](C)N.[CH2-]C.[Pu]. The zero-order valence-corrected chi connectivity index (χ0v) is 8.59. The molecular formula is C5H13NPu-2. The molecule has 2 heteroatoms. The third-order valence-electron chi connectivity index (χ3n) is 0. The summed E-state index contributed by atoms with van der Waals surface area (Å²) in [7, 11) is 0. The van der Waals surface area contributed by atoms with Gasteiger partial charge in [0.2, 0.25) is 0 Å². The van der Waals surface area contributed by atoms with Crippen LogP contribution in [0.2, 0.25) is 0 Å². The maximum atomic E-state index is 5.03. The van der Waals surface area contributed by atoms with Crippen molar-refractivity contribution in [2.45, 2.75) is 20.8 Å². The van der Waals surface area contributed by atoms with E-state index in [2.05, 4.69) is 6.92 Å². The topological polar surface area (TPSA) is 26.0 Å². The Hall–Kier alpha value is 0.947. The van der Waals surface area contributed by atoms with Gasteiger partial charge >= 0.3 is 0 Å². The molecule has 46 valence electrons. The minimum atomic E-state index is 0. The second-order valence-corrected chi connectivity index (χ2v) is 1.08. The first-order valence-corrected chi connectivity index (χ1v) is 2.00. The molecule has 0 fully saturated rings. The van der Waals surface area contributed by atoms with Gasteiger partial charge < -0.3 is 12.7 Å². The summed E-state index contributed by atoms with van der Waals surface area (Å²) in [6, 6.07) is 0.917. The molecule has 0 aliphatic carbocycles. The van der Waals surface area contributed by atoms with Crippen LogP contribution in [0.3, 0.4) is 0 Å². The molecule has 0 saturated heterocycles. The predicted molar refractivity (Wildman–Crippen MR) is 29.8 cm³/mol. The van der Waals surface area contributed by atoms with Crippen molar-refractivity contribution < 1.29 is 29.2 Å². The average molecular weight is 331 g/mol. The Balaban J connectivity index is -0.0000000480. The fraction of sp³-hybridized carbons (Fsp3) is 0.600. The molecule has 0 aromatic carbocycles. The van der Waals surface area contributed by atoms with E-state index >= 15 is 0 Å². The van der Waals surface area contributed by atoms with Crippen molar-refractivity contribution in [3.05, 3.63) is 13.0 Å². The summed E-state index contributed by atoms with van der Waals surface area (Å²) in [5, 5.41) is 0. The van der Waals surface area contributed by atoms with Gasteiger partial charge in [0.1, 0.15) is 0 Å². The summed E-state index contributed by atoms with van der Waals surface area (Å²) in [4.78, 5) is 0. The van der Waals surface area contributed by atoms with Crippen molar-refractivity contribution >= 4 is 0 Å². The first kappa shape index (κ1) is 15.7. The summed E-state index contributed by atoms with van der Waals surface area (Å²) in [5.74, 6) is 0. The first-order valence-electron chi connectivity index (χ1n) is 2.00. The monoisotopic (exact) mass is 325 g/mol. The van der Waals surface area contributed by atoms with E-state index in [0.717, 1.165) is 6.04 Å². The standard InChI is InChI=1S/C3H8N.C2H5.Pu/c1-3(2)4;1-2;/h4H2,1-2H3;1H2,2H3;/q2*-1;. The molecule has 0 aromatic rings. The van der Waals surface area contributed by atoms with Gasteiger partial charge in [-0.3, -0.25) is 6.04 Å². The summed E-state index contributed by atoms with van der Waals surface area (Å²) in [5.41, 5.74) is 5.03. The van der Waals surface area contributed by atoms with Gasteiger partial charge in [0, 0.05) is 29.2 Å². The van der Waals surface area contributed by atoms with Gasteiger partial charge in [-0.1, -0.05) is 0 Å². The molecule has 0 bridgehead atoms. The fourth-order valence-corrected chi connectivity index (χ4v) is 0. The second-order valence-electron chi connectivity index (χ2n) is 1.08. The molecule has 0 saturated carbocycles. The molecule has 0 aromatic heterocycles. The molecule has 0 aliphatic rings. The minimum Gasteiger partial charge on any atom is -0.481 e. The van der Waals surface area contributed by atoms with E-state index in [-0.39, 0.29) is 29.2 Å². The van der Waals surface area contributed by atoms with Crippen LogP contribution in [0.25, 0.3) is 0 Å². The first-order chi connectivity index (χ1) is 2.73. The molecule has 0 heterocycles. The molecule has 0 unspecified atom stereocenters. The molecule has 0 atom stereocenters. The molecular weight excluding hydrogens is 318 g/mol. The van der Waals surface area contributed by atoms with E-state index in [0.29, 0.717) is 0 Å². The maximum absolute atomic E-state index is 5.03. The van der Waals surface area contributed by atoms with Gasteiger partial charge in [-0.15, -0.1) is 0 Å². The van der Waals surface area contributed by atoms with Crippen LogP contribution in [0, 0.1) is 42.1 Å². The van der Waals surface area contributed by atoms with Crippen molar-refractivity contribution in [3.8, 4) is 0 Å². The zero-order valence-electron chi connectivity index (χ0n) is 5.19. The third kappa shape index (κ3) is 190.